The first-order valence-electron chi connectivity index (χ1n) is 9.50. The first kappa shape index (κ1) is 24.5. The summed E-state index contributed by atoms with van der Waals surface area (Å²) in [6.45, 7) is 0.682. The first-order valence-corrected chi connectivity index (χ1v) is 12.2. The van der Waals surface area contributed by atoms with Gasteiger partial charge < -0.3 is 15.6 Å². The van der Waals surface area contributed by atoms with Crippen LogP contribution in [0.3, 0.4) is 0 Å². The van der Waals surface area contributed by atoms with Crippen molar-refractivity contribution in [2.24, 2.45) is 5.73 Å². The fourth-order valence-corrected chi connectivity index (χ4v) is 5.63. The Morgan fingerprint density at radius 1 is 1.18 bits per heavy atom. The maximum atomic E-state index is 12.8. The Kier molecular flexibility index (Phi) is 7.92. The predicted octanol–water partition coefficient (Wildman–Crippen LogP) is 3.77. The van der Waals surface area contributed by atoms with Crippen molar-refractivity contribution < 1.29 is 23.1 Å². The number of carbonyl (C=O) groups is 1. The summed E-state index contributed by atoms with van der Waals surface area (Å²) < 4.78 is 36.0. The van der Waals surface area contributed by atoms with Gasteiger partial charge in [0.2, 0.25) is 0 Å². The number of hydrogen-bond donors (Lipinski definition) is 3. The van der Waals surface area contributed by atoms with E-state index in [-0.39, 0.29) is 16.5 Å². The van der Waals surface area contributed by atoms with Crippen LogP contribution < -0.4 is 15.2 Å². The molecule has 0 amide bonds. The van der Waals surface area contributed by atoms with E-state index in [0.29, 0.717) is 28.6 Å². The van der Waals surface area contributed by atoms with Gasteiger partial charge in [-0.15, -0.1) is 11.3 Å². The lowest BCUT2D eigenvalue weighted by molar-refractivity contribution is -0.122. The minimum absolute atomic E-state index is 0.113. The zero-order valence-corrected chi connectivity index (χ0v) is 19.8. The molecule has 2 aromatic carbocycles. The van der Waals surface area contributed by atoms with Gasteiger partial charge >= 0.3 is 0 Å². The van der Waals surface area contributed by atoms with Crippen molar-refractivity contribution in [1.29, 1.82) is 0 Å². The van der Waals surface area contributed by atoms with Gasteiger partial charge in [-0.2, -0.15) is 5.10 Å². The SMILES string of the molecule is COc1cccc2c1c(NS(=O)(=O)c1ccc(Cl)s1)nn2Cc1ccc(CN)cc1.O=CO. The highest BCUT2D eigenvalue weighted by atomic mass is 35.5. The van der Waals surface area contributed by atoms with Gasteiger partial charge in [-0.25, -0.2) is 8.42 Å². The third-order valence-corrected chi connectivity index (χ3v) is 7.66. The number of ether oxygens (including phenoxy) is 1. The Morgan fingerprint density at radius 3 is 2.42 bits per heavy atom. The van der Waals surface area contributed by atoms with Crippen molar-refractivity contribution in [3.05, 3.63) is 70.1 Å². The molecule has 0 atom stereocenters. The Hall–Kier alpha value is -3.12. The molecule has 0 spiro atoms. The zero-order chi connectivity index (χ0) is 24.0. The molecule has 2 heterocycles. The van der Waals surface area contributed by atoms with Crippen LogP contribution in [-0.2, 0) is 27.9 Å². The number of nitrogens with one attached hydrogen (secondary N) is 1. The van der Waals surface area contributed by atoms with Crippen LogP contribution in [0, 0.1) is 0 Å². The molecule has 0 saturated carbocycles. The Labute approximate surface area is 199 Å². The number of hydrogen-bond acceptors (Lipinski definition) is 7. The van der Waals surface area contributed by atoms with Crippen LogP contribution in [0.1, 0.15) is 11.1 Å². The van der Waals surface area contributed by atoms with Gasteiger partial charge in [0, 0.05) is 6.54 Å². The van der Waals surface area contributed by atoms with Gasteiger partial charge in [0.15, 0.2) is 5.82 Å². The monoisotopic (exact) mass is 508 g/mol. The van der Waals surface area contributed by atoms with Crippen LogP contribution in [0.15, 0.2) is 58.8 Å². The summed E-state index contributed by atoms with van der Waals surface area (Å²) in [5, 5.41) is 12.0. The van der Waals surface area contributed by atoms with Crippen LogP contribution >= 0.6 is 22.9 Å². The van der Waals surface area contributed by atoms with E-state index >= 15 is 0 Å². The summed E-state index contributed by atoms with van der Waals surface area (Å²) in [5.74, 6) is 0.727. The number of aromatic nitrogens is 2. The minimum atomic E-state index is -3.84. The molecule has 0 saturated heterocycles. The number of sulfonamides is 1. The summed E-state index contributed by atoms with van der Waals surface area (Å²) >= 11 is 6.89. The summed E-state index contributed by atoms with van der Waals surface area (Å²) in [4.78, 5) is 8.36. The number of methoxy groups -OCH3 is 1. The number of anilines is 1. The minimum Gasteiger partial charge on any atom is -0.496 e. The maximum absolute atomic E-state index is 12.8. The van der Waals surface area contributed by atoms with Crippen molar-refractivity contribution in [2.45, 2.75) is 17.3 Å². The molecule has 0 fully saturated rings. The van der Waals surface area contributed by atoms with Gasteiger partial charge in [0.1, 0.15) is 9.96 Å². The van der Waals surface area contributed by atoms with E-state index in [1.54, 1.807) is 16.8 Å². The van der Waals surface area contributed by atoms with Crippen LogP contribution in [-0.4, -0.2) is 36.9 Å². The number of nitrogens with two attached hydrogens (primary N) is 1. The number of carboxylic acid groups (broad SMARTS) is 1. The van der Waals surface area contributed by atoms with Gasteiger partial charge in [-0.1, -0.05) is 41.9 Å². The molecule has 0 aliphatic rings. The number of rotatable bonds is 7. The molecule has 4 aromatic rings. The molecule has 0 radical (unpaired) electrons. The lowest BCUT2D eigenvalue weighted by Crippen LogP contribution is -2.12. The molecule has 12 heteroatoms. The molecule has 0 bridgehead atoms. The smallest absolute Gasteiger partial charge is 0.290 e. The number of halogens is 1. The second kappa shape index (κ2) is 10.7. The quantitative estimate of drug-likeness (QED) is 0.323. The van der Waals surface area contributed by atoms with Crippen LogP contribution in [0.2, 0.25) is 4.34 Å². The molecule has 0 aliphatic carbocycles. The fourth-order valence-electron chi connectivity index (χ4n) is 3.13. The summed E-state index contributed by atoms with van der Waals surface area (Å²) in [6, 6.07) is 16.4. The third kappa shape index (κ3) is 5.63. The Bertz CT molecular complexity index is 1350. The largest absolute Gasteiger partial charge is 0.496 e. The topological polar surface area (TPSA) is 137 Å². The van der Waals surface area contributed by atoms with Crippen molar-refractivity contribution >= 4 is 56.2 Å². The van der Waals surface area contributed by atoms with Crippen LogP contribution in [0.4, 0.5) is 5.82 Å². The third-order valence-electron chi connectivity index (χ3n) is 4.60. The van der Waals surface area contributed by atoms with Gasteiger partial charge in [-0.05, 0) is 35.4 Å². The summed E-state index contributed by atoms with van der Waals surface area (Å²) in [7, 11) is -2.30. The van der Waals surface area contributed by atoms with Gasteiger partial charge in [-0.3, -0.25) is 14.2 Å². The van der Waals surface area contributed by atoms with Crippen molar-refractivity contribution in [3.63, 3.8) is 0 Å². The molecular weight excluding hydrogens is 488 g/mol. The Morgan fingerprint density at radius 2 is 1.85 bits per heavy atom. The van der Waals surface area contributed by atoms with Gasteiger partial charge in [0.25, 0.3) is 16.5 Å². The van der Waals surface area contributed by atoms with Crippen molar-refractivity contribution in [3.8, 4) is 5.75 Å². The average molecular weight is 509 g/mol. The average Bonchev–Trinajstić information content (AvgIpc) is 3.39. The molecule has 174 valence electrons. The number of benzene rings is 2. The molecule has 9 nitrogen and oxygen atoms in total. The molecule has 4 N–H and O–H groups in total. The van der Waals surface area contributed by atoms with Crippen LogP contribution in [0.5, 0.6) is 5.75 Å². The zero-order valence-electron chi connectivity index (χ0n) is 17.4. The van der Waals surface area contributed by atoms with Crippen molar-refractivity contribution in [1.82, 2.24) is 9.78 Å². The second-order valence-corrected chi connectivity index (χ2v) is 10.3. The lowest BCUT2D eigenvalue weighted by Gasteiger charge is -2.06. The molecule has 4 rings (SSSR count). The van der Waals surface area contributed by atoms with Crippen molar-refractivity contribution in [2.75, 3.05) is 11.8 Å². The normalized spacial score (nSPS) is 11.0. The first-order chi connectivity index (χ1) is 15.8. The number of fused-ring (bicyclic) bond motifs is 1. The molecule has 0 unspecified atom stereocenters. The van der Waals surface area contributed by atoms with E-state index in [1.165, 1.54) is 13.2 Å². The highest BCUT2D eigenvalue weighted by Gasteiger charge is 2.22. The van der Waals surface area contributed by atoms with Crippen LogP contribution in [0.25, 0.3) is 10.9 Å². The Balaban J connectivity index is 0.000000968. The number of nitrogens with zero attached hydrogens (tertiary/aromatic N) is 2. The van der Waals surface area contributed by atoms with Gasteiger partial charge in [0.05, 0.1) is 28.9 Å². The number of thiophene rings is 1. The molecule has 0 aliphatic heterocycles. The summed E-state index contributed by atoms with van der Waals surface area (Å²) in [5.41, 5.74) is 8.46. The lowest BCUT2D eigenvalue weighted by atomic mass is 10.1. The predicted molar refractivity (Wildman–Crippen MR) is 129 cm³/mol. The fraction of sp³-hybridized carbons (Fsp3) is 0.143. The summed E-state index contributed by atoms with van der Waals surface area (Å²) in [6.07, 6.45) is 0. The standard InChI is InChI=1S/C20H19ClN4O3S2.CH2O2/c1-28-16-4-2-3-15-19(16)20(24-30(26,27)18-10-9-17(21)29-18)23-25(15)12-14-7-5-13(11-22)6-8-14;2-1-3/h2-10H,11-12,22H2,1H3,(H,23,24);1H,(H,2,3). The van der Waals surface area contributed by atoms with E-state index in [0.717, 1.165) is 28.0 Å². The van der Waals surface area contributed by atoms with E-state index in [2.05, 4.69) is 9.82 Å². The van der Waals surface area contributed by atoms with E-state index in [4.69, 9.17) is 32.0 Å². The maximum Gasteiger partial charge on any atom is 0.290 e. The molecule has 2 aromatic heterocycles. The van der Waals surface area contributed by atoms with E-state index < -0.39 is 10.0 Å². The van der Waals surface area contributed by atoms with E-state index in [9.17, 15) is 8.42 Å². The molecule has 33 heavy (non-hydrogen) atoms. The second-order valence-electron chi connectivity index (χ2n) is 6.65. The van der Waals surface area contributed by atoms with E-state index in [1.807, 2.05) is 36.4 Å². The highest BCUT2D eigenvalue weighted by molar-refractivity contribution is 7.94. The molecular formula is C21H21ClN4O5S2. The highest BCUT2D eigenvalue weighted by Crippen LogP contribution is 2.35.